The molecule has 1 heterocycles. The number of hydrogen-bond donors (Lipinski definition) is 1. The molecule has 1 amide bonds. The highest BCUT2D eigenvalue weighted by atomic mass is 35.5. The van der Waals surface area contributed by atoms with Gasteiger partial charge in [0, 0.05) is 36.9 Å². The molecule has 0 saturated carbocycles. The molecule has 1 aliphatic rings. The second-order valence-electron chi connectivity index (χ2n) is 7.20. The molecule has 1 N–H and O–H groups in total. The topological polar surface area (TPSA) is 43.8 Å². The van der Waals surface area contributed by atoms with Gasteiger partial charge >= 0.3 is 0 Å². The lowest BCUT2D eigenvalue weighted by molar-refractivity contribution is -0.148. The second-order valence-corrected chi connectivity index (χ2v) is 7.64. The van der Waals surface area contributed by atoms with Crippen LogP contribution in [0.3, 0.4) is 0 Å². The predicted molar refractivity (Wildman–Crippen MR) is 116 cm³/mol. The molecule has 0 radical (unpaired) electrons. The molecule has 1 fully saturated rings. The summed E-state index contributed by atoms with van der Waals surface area (Å²) in [5.74, 6) is -0.291. The summed E-state index contributed by atoms with van der Waals surface area (Å²) in [7, 11) is 0. The lowest BCUT2D eigenvalue weighted by Gasteiger charge is -2.40. The number of carbonyl (C=O) groups is 1. The van der Waals surface area contributed by atoms with Gasteiger partial charge in [0.2, 0.25) is 0 Å². The van der Waals surface area contributed by atoms with Gasteiger partial charge in [0.1, 0.15) is 0 Å². The number of halogens is 1. The summed E-state index contributed by atoms with van der Waals surface area (Å²) >= 11 is 6.11. The van der Waals surface area contributed by atoms with E-state index in [0.29, 0.717) is 42.3 Å². The summed E-state index contributed by atoms with van der Waals surface area (Å²) in [6.07, 6.45) is 0. The van der Waals surface area contributed by atoms with Crippen LogP contribution in [0.2, 0.25) is 5.02 Å². The van der Waals surface area contributed by atoms with Crippen molar-refractivity contribution >= 4 is 23.2 Å². The second kappa shape index (κ2) is 8.27. The van der Waals surface area contributed by atoms with Crippen LogP contribution in [0, 0.1) is 0 Å². The fourth-order valence-corrected chi connectivity index (χ4v) is 4.03. The van der Waals surface area contributed by atoms with E-state index in [-0.39, 0.29) is 5.91 Å². The fraction of sp³-hybridized carbons (Fsp3) is 0.208. The fourth-order valence-electron chi connectivity index (χ4n) is 3.84. The molecule has 0 bridgehead atoms. The maximum Gasteiger partial charge on any atom is 0.264 e. The molecule has 0 aliphatic carbocycles. The smallest absolute Gasteiger partial charge is 0.264 e. The molecule has 1 aliphatic heterocycles. The van der Waals surface area contributed by atoms with Crippen molar-refractivity contribution in [2.45, 2.75) is 5.60 Å². The van der Waals surface area contributed by atoms with Crippen LogP contribution in [-0.4, -0.2) is 42.1 Å². The van der Waals surface area contributed by atoms with Gasteiger partial charge in [-0.15, -0.1) is 0 Å². The van der Waals surface area contributed by atoms with E-state index in [1.54, 1.807) is 29.2 Å². The monoisotopic (exact) mass is 406 g/mol. The molecule has 4 rings (SSSR count). The molecular weight excluding hydrogens is 384 g/mol. The minimum Gasteiger partial charge on any atom is -0.372 e. The largest absolute Gasteiger partial charge is 0.372 e. The van der Waals surface area contributed by atoms with E-state index in [2.05, 4.69) is 4.90 Å². The zero-order valence-corrected chi connectivity index (χ0v) is 16.8. The molecule has 148 valence electrons. The molecule has 4 nitrogen and oxygen atoms in total. The average molecular weight is 407 g/mol. The van der Waals surface area contributed by atoms with Crippen LogP contribution in [0.4, 0.5) is 5.69 Å². The van der Waals surface area contributed by atoms with Crippen LogP contribution in [0.1, 0.15) is 11.1 Å². The highest BCUT2D eigenvalue weighted by Crippen LogP contribution is 2.32. The molecule has 29 heavy (non-hydrogen) atoms. The van der Waals surface area contributed by atoms with Gasteiger partial charge in [0.15, 0.2) is 5.60 Å². The Labute approximate surface area is 176 Å². The van der Waals surface area contributed by atoms with E-state index >= 15 is 0 Å². The van der Waals surface area contributed by atoms with Crippen molar-refractivity contribution in [1.29, 1.82) is 0 Å². The Morgan fingerprint density at radius 1 is 0.793 bits per heavy atom. The summed E-state index contributed by atoms with van der Waals surface area (Å²) < 4.78 is 0. The Morgan fingerprint density at radius 3 is 1.86 bits per heavy atom. The van der Waals surface area contributed by atoms with Crippen molar-refractivity contribution in [3.05, 3.63) is 101 Å². The van der Waals surface area contributed by atoms with Gasteiger partial charge in [0.25, 0.3) is 5.91 Å². The number of rotatable bonds is 4. The Kier molecular flexibility index (Phi) is 5.56. The lowest BCUT2D eigenvalue weighted by Crippen LogP contribution is -2.55. The molecular formula is C24H23ClN2O2. The third-order valence-corrected chi connectivity index (χ3v) is 5.67. The highest BCUT2D eigenvalue weighted by molar-refractivity contribution is 6.30. The minimum absolute atomic E-state index is 0.291. The van der Waals surface area contributed by atoms with Gasteiger partial charge < -0.3 is 14.9 Å². The van der Waals surface area contributed by atoms with E-state index < -0.39 is 5.60 Å². The molecule has 1 saturated heterocycles. The van der Waals surface area contributed by atoms with E-state index in [0.717, 1.165) is 5.69 Å². The molecule has 0 aromatic heterocycles. The third-order valence-electron chi connectivity index (χ3n) is 5.43. The summed E-state index contributed by atoms with van der Waals surface area (Å²) in [5, 5.41) is 12.4. The Balaban J connectivity index is 1.58. The van der Waals surface area contributed by atoms with Crippen molar-refractivity contribution in [3.8, 4) is 0 Å². The van der Waals surface area contributed by atoms with Crippen molar-refractivity contribution in [2.24, 2.45) is 0 Å². The first-order valence-electron chi connectivity index (χ1n) is 9.72. The van der Waals surface area contributed by atoms with Crippen LogP contribution in [0.15, 0.2) is 84.9 Å². The lowest BCUT2D eigenvalue weighted by atomic mass is 9.85. The van der Waals surface area contributed by atoms with Crippen molar-refractivity contribution in [1.82, 2.24) is 4.90 Å². The van der Waals surface area contributed by atoms with Gasteiger partial charge in [0.05, 0.1) is 0 Å². The van der Waals surface area contributed by atoms with Gasteiger partial charge in [-0.25, -0.2) is 0 Å². The zero-order valence-electron chi connectivity index (χ0n) is 16.0. The molecule has 0 spiro atoms. The van der Waals surface area contributed by atoms with Crippen LogP contribution < -0.4 is 4.90 Å². The predicted octanol–water partition coefficient (Wildman–Crippen LogP) is 3.92. The van der Waals surface area contributed by atoms with Crippen molar-refractivity contribution in [3.63, 3.8) is 0 Å². The first-order chi connectivity index (χ1) is 14.1. The van der Waals surface area contributed by atoms with Crippen LogP contribution in [-0.2, 0) is 10.4 Å². The van der Waals surface area contributed by atoms with E-state index in [1.165, 1.54) is 0 Å². The normalized spacial score (nSPS) is 14.7. The van der Waals surface area contributed by atoms with E-state index in [9.17, 15) is 9.90 Å². The van der Waals surface area contributed by atoms with Crippen LogP contribution in [0.5, 0.6) is 0 Å². The first-order valence-corrected chi connectivity index (χ1v) is 10.1. The number of anilines is 1. The number of carbonyl (C=O) groups excluding carboxylic acids is 1. The van der Waals surface area contributed by atoms with Crippen molar-refractivity contribution in [2.75, 3.05) is 31.1 Å². The summed E-state index contributed by atoms with van der Waals surface area (Å²) in [6.45, 7) is 2.44. The summed E-state index contributed by atoms with van der Waals surface area (Å²) in [4.78, 5) is 17.5. The number of aliphatic hydroxyl groups is 1. The Hall–Kier alpha value is -2.82. The standard InChI is InChI=1S/C24H23ClN2O2/c25-21-12-7-13-22(18-21)26-14-16-27(17-15-26)23(28)24(29,19-8-3-1-4-9-19)20-10-5-2-6-11-20/h1-13,18,29H,14-17H2. The van der Waals surface area contributed by atoms with Gasteiger partial charge in [-0.3, -0.25) is 4.79 Å². The molecule has 0 atom stereocenters. The maximum atomic E-state index is 13.6. The van der Waals surface area contributed by atoms with E-state index in [1.807, 2.05) is 60.7 Å². The van der Waals surface area contributed by atoms with E-state index in [4.69, 9.17) is 11.6 Å². The number of benzene rings is 3. The highest BCUT2D eigenvalue weighted by Gasteiger charge is 2.43. The van der Waals surface area contributed by atoms with Crippen LogP contribution in [0.25, 0.3) is 0 Å². The molecule has 3 aromatic rings. The average Bonchev–Trinajstić information content (AvgIpc) is 2.79. The zero-order chi connectivity index (χ0) is 20.3. The summed E-state index contributed by atoms with van der Waals surface area (Å²) in [6, 6.07) is 26.1. The summed E-state index contributed by atoms with van der Waals surface area (Å²) in [5.41, 5.74) is 0.494. The van der Waals surface area contributed by atoms with Gasteiger partial charge in [-0.05, 0) is 29.3 Å². The first kappa shape index (κ1) is 19.5. The molecule has 5 heteroatoms. The van der Waals surface area contributed by atoms with Gasteiger partial charge in [-0.2, -0.15) is 0 Å². The van der Waals surface area contributed by atoms with Gasteiger partial charge in [-0.1, -0.05) is 78.3 Å². The number of amides is 1. The quantitative estimate of drug-likeness (QED) is 0.714. The third kappa shape index (κ3) is 3.86. The number of piperazine rings is 1. The Morgan fingerprint density at radius 2 is 1.34 bits per heavy atom. The Bertz CT molecular complexity index is 931. The molecule has 3 aromatic carbocycles. The molecule has 0 unspecified atom stereocenters. The maximum absolute atomic E-state index is 13.6. The number of nitrogens with zero attached hydrogens (tertiary/aromatic N) is 2. The number of hydrogen-bond acceptors (Lipinski definition) is 3. The minimum atomic E-state index is -1.71. The van der Waals surface area contributed by atoms with Crippen molar-refractivity contribution < 1.29 is 9.90 Å². The SMILES string of the molecule is O=C(N1CCN(c2cccc(Cl)c2)CC1)C(O)(c1ccccc1)c1ccccc1. The van der Waals surface area contributed by atoms with Crippen LogP contribution >= 0.6 is 11.6 Å².